The maximum atomic E-state index is 12.3. The smallest absolute Gasteiger partial charge is 0.257 e. The number of carbonyl (C=O) groups is 1. The van der Waals surface area contributed by atoms with Gasteiger partial charge in [-0.15, -0.1) is 0 Å². The average molecular weight is 289 g/mol. The predicted molar refractivity (Wildman–Crippen MR) is 77.9 cm³/mol. The number of carbonyl (C=O) groups excluding carboxylic acids is 1. The molecular weight excluding hydrogens is 270 g/mol. The second kappa shape index (κ2) is 6.49. The molecule has 2 rings (SSSR count). The number of aromatic nitrogens is 2. The minimum Gasteiger partial charge on any atom is -0.383 e. The van der Waals surface area contributed by atoms with E-state index in [2.05, 4.69) is 10.1 Å². The molecule has 0 N–H and O–H groups in total. The number of likely N-dealkylation sites (N-methyl/N-ethyl adjacent to an activating group) is 1. The quantitative estimate of drug-likeness (QED) is 0.843. The van der Waals surface area contributed by atoms with Crippen LogP contribution in [-0.2, 0) is 4.74 Å². The molecule has 0 bridgehead atoms. The van der Waals surface area contributed by atoms with Crippen molar-refractivity contribution in [2.45, 2.75) is 19.9 Å². The Morgan fingerprint density at radius 2 is 2.05 bits per heavy atom. The van der Waals surface area contributed by atoms with E-state index < -0.39 is 0 Å². The highest BCUT2D eigenvalue weighted by atomic mass is 16.5. The molecule has 1 unspecified atom stereocenters. The van der Waals surface area contributed by atoms with Gasteiger partial charge in [0.1, 0.15) is 0 Å². The van der Waals surface area contributed by atoms with Crippen molar-refractivity contribution >= 4 is 5.91 Å². The van der Waals surface area contributed by atoms with Crippen LogP contribution < -0.4 is 0 Å². The summed E-state index contributed by atoms with van der Waals surface area (Å²) in [5.74, 6) is 0.985. The molecule has 0 saturated heterocycles. The fourth-order valence-electron chi connectivity index (χ4n) is 1.93. The molecule has 0 fully saturated rings. The molecule has 112 valence electrons. The maximum Gasteiger partial charge on any atom is 0.257 e. The fourth-order valence-corrected chi connectivity index (χ4v) is 1.93. The molecule has 0 aliphatic carbocycles. The Morgan fingerprint density at radius 3 is 2.57 bits per heavy atom. The summed E-state index contributed by atoms with van der Waals surface area (Å²) in [6, 6.07) is 7.13. The van der Waals surface area contributed by atoms with Crippen LogP contribution in [0.25, 0.3) is 11.5 Å². The van der Waals surface area contributed by atoms with Gasteiger partial charge in [0.2, 0.25) is 0 Å². The van der Waals surface area contributed by atoms with Gasteiger partial charge >= 0.3 is 0 Å². The van der Waals surface area contributed by atoms with Crippen LogP contribution in [0.2, 0.25) is 0 Å². The van der Waals surface area contributed by atoms with E-state index in [1.165, 1.54) is 0 Å². The lowest BCUT2D eigenvalue weighted by Crippen LogP contribution is -2.37. The molecule has 0 radical (unpaired) electrons. The first-order valence-electron chi connectivity index (χ1n) is 6.69. The van der Waals surface area contributed by atoms with Gasteiger partial charge in [-0.1, -0.05) is 5.16 Å². The molecule has 1 aromatic heterocycles. The normalized spacial score (nSPS) is 12.2. The molecular formula is C15H19N3O3. The highest BCUT2D eigenvalue weighted by Gasteiger charge is 2.17. The van der Waals surface area contributed by atoms with Gasteiger partial charge in [0.05, 0.1) is 12.6 Å². The second-order valence-electron chi connectivity index (χ2n) is 4.94. The van der Waals surface area contributed by atoms with Crippen LogP contribution in [0.1, 0.15) is 23.1 Å². The summed E-state index contributed by atoms with van der Waals surface area (Å²) in [4.78, 5) is 18.1. The van der Waals surface area contributed by atoms with Crippen LogP contribution in [-0.4, -0.2) is 47.8 Å². The molecule has 2 aromatic rings. The van der Waals surface area contributed by atoms with E-state index in [-0.39, 0.29) is 11.9 Å². The van der Waals surface area contributed by atoms with Crippen LogP contribution in [0.5, 0.6) is 0 Å². The average Bonchev–Trinajstić information content (AvgIpc) is 2.92. The Labute approximate surface area is 123 Å². The Hall–Kier alpha value is -2.21. The Morgan fingerprint density at radius 1 is 1.38 bits per heavy atom. The third-order valence-electron chi connectivity index (χ3n) is 3.30. The highest BCUT2D eigenvalue weighted by molar-refractivity contribution is 5.94. The van der Waals surface area contributed by atoms with Crippen LogP contribution in [0.4, 0.5) is 0 Å². The van der Waals surface area contributed by atoms with Crippen molar-refractivity contribution in [3.8, 4) is 11.5 Å². The molecule has 6 heteroatoms. The molecule has 0 aliphatic heterocycles. The zero-order valence-corrected chi connectivity index (χ0v) is 12.7. The second-order valence-corrected chi connectivity index (χ2v) is 4.94. The summed E-state index contributed by atoms with van der Waals surface area (Å²) in [7, 11) is 3.39. The van der Waals surface area contributed by atoms with Crippen molar-refractivity contribution in [1.29, 1.82) is 0 Å². The zero-order valence-electron chi connectivity index (χ0n) is 12.7. The lowest BCUT2D eigenvalue weighted by atomic mass is 10.1. The first kappa shape index (κ1) is 15.2. The van der Waals surface area contributed by atoms with E-state index in [1.807, 2.05) is 6.92 Å². The maximum absolute atomic E-state index is 12.3. The van der Waals surface area contributed by atoms with Gasteiger partial charge in [0, 0.05) is 25.3 Å². The number of benzene rings is 1. The highest BCUT2D eigenvalue weighted by Crippen LogP contribution is 2.18. The summed E-state index contributed by atoms with van der Waals surface area (Å²) in [5, 5.41) is 3.75. The summed E-state index contributed by atoms with van der Waals surface area (Å²) < 4.78 is 10.2. The molecule has 6 nitrogen and oxygen atoms in total. The van der Waals surface area contributed by atoms with Gasteiger partial charge in [-0.05, 0) is 38.1 Å². The molecule has 21 heavy (non-hydrogen) atoms. The Bertz CT molecular complexity index is 607. The van der Waals surface area contributed by atoms with Gasteiger partial charge < -0.3 is 14.2 Å². The summed E-state index contributed by atoms with van der Waals surface area (Å²) in [6.07, 6.45) is 0. The minimum absolute atomic E-state index is 0.0146. The van der Waals surface area contributed by atoms with Gasteiger partial charge in [-0.25, -0.2) is 0 Å². The lowest BCUT2D eigenvalue weighted by Gasteiger charge is -2.24. The Kier molecular flexibility index (Phi) is 4.70. The first-order valence-corrected chi connectivity index (χ1v) is 6.69. The molecule has 0 saturated carbocycles. The number of rotatable bonds is 5. The van der Waals surface area contributed by atoms with E-state index in [9.17, 15) is 4.79 Å². The van der Waals surface area contributed by atoms with Crippen molar-refractivity contribution in [3.05, 3.63) is 35.7 Å². The van der Waals surface area contributed by atoms with E-state index in [0.29, 0.717) is 23.9 Å². The largest absolute Gasteiger partial charge is 0.383 e. The zero-order chi connectivity index (χ0) is 15.4. The summed E-state index contributed by atoms with van der Waals surface area (Å²) in [6.45, 7) is 4.20. The molecule has 1 heterocycles. The fraction of sp³-hybridized carbons (Fsp3) is 0.400. The summed E-state index contributed by atoms with van der Waals surface area (Å²) in [5.41, 5.74) is 1.40. The van der Waals surface area contributed by atoms with Crippen molar-refractivity contribution in [2.24, 2.45) is 0 Å². The Balaban J connectivity index is 2.13. The van der Waals surface area contributed by atoms with Crippen molar-refractivity contribution in [2.75, 3.05) is 20.8 Å². The SMILES string of the molecule is COCC(C)N(C)C(=O)c1ccc(-c2nc(C)no2)cc1. The molecule has 1 amide bonds. The van der Waals surface area contributed by atoms with Crippen molar-refractivity contribution in [3.63, 3.8) is 0 Å². The predicted octanol–water partition coefficient (Wildman–Crippen LogP) is 2.15. The van der Waals surface area contributed by atoms with E-state index in [4.69, 9.17) is 9.26 Å². The standard InChI is InChI=1S/C15H19N3O3/c1-10(9-20-4)18(3)15(19)13-7-5-12(6-8-13)14-16-11(2)17-21-14/h5-8,10H,9H2,1-4H3. The van der Waals surface area contributed by atoms with Gasteiger partial charge in [0.25, 0.3) is 11.8 Å². The monoisotopic (exact) mass is 289 g/mol. The molecule has 0 aliphatic rings. The number of hydrogen-bond donors (Lipinski definition) is 0. The van der Waals surface area contributed by atoms with Crippen LogP contribution >= 0.6 is 0 Å². The van der Waals surface area contributed by atoms with Gasteiger partial charge in [0.15, 0.2) is 5.82 Å². The topological polar surface area (TPSA) is 68.5 Å². The summed E-state index contributed by atoms with van der Waals surface area (Å²) >= 11 is 0. The number of amides is 1. The van der Waals surface area contributed by atoms with Gasteiger partial charge in [-0.3, -0.25) is 4.79 Å². The third kappa shape index (κ3) is 3.46. The van der Waals surface area contributed by atoms with E-state index >= 15 is 0 Å². The number of ether oxygens (including phenoxy) is 1. The van der Waals surface area contributed by atoms with E-state index in [1.54, 1.807) is 50.2 Å². The van der Waals surface area contributed by atoms with Crippen LogP contribution in [0.15, 0.2) is 28.8 Å². The van der Waals surface area contributed by atoms with Crippen molar-refractivity contribution < 1.29 is 14.1 Å². The van der Waals surface area contributed by atoms with Gasteiger partial charge in [-0.2, -0.15) is 4.98 Å². The number of methoxy groups -OCH3 is 1. The molecule has 1 atom stereocenters. The number of nitrogens with zero attached hydrogens (tertiary/aromatic N) is 3. The molecule has 1 aromatic carbocycles. The van der Waals surface area contributed by atoms with Crippen molar-refractivity contribution in [1.82, 2.24) is 15.0 Å². The minimum atomic E-state index is -0.0483. The first-order chi connectivity index (χ1) is 10.0. The number of aryl methyl sites for hydroxylation is 1. The third-order valence-corrected chi connectivity index (χ3v) is 3.30. The van der Waals surface area contributed by atoms with E-state index in [0.717, 1.165) is 5.56 Å². The molecule has 0 spiro atoms. The number of hydrogen-bond acceptors (Lipinski definition) is 5. The van der Waals surface area contributed by atoms with Crippen LogP contribution in [0, 0.1) is 6.92 Å². The lowest BCUT2D eigenvalue weighted by molar-refractivity contribution is 0.0633. The van der Waals surface area contributed by atoms with Crippen LogP contribution in [0.3, 0.4) is 0 Å².